The van der Waals surface area contributed by atoms with Crippen molar-refractivity contribution in [3.8, 4) is 17.6 Å². The van der Waals surface area contributed by atoms with Crippen molar-refractivity contribution in [3.63, 3.8) is 0 Å². The normalized spacial score (nSPS) is 11.8. The van der Waals surface area contributed by atoms with Crippen LogP contribution in [0.5, 0.6) is 11.8 Å². The van der Waals surface area contributed by atoms with E-state index in [1.54, 1.807) is 6.07 Å². The molecule has 0 spiro atoms. The molecule has 0 radical (unpaired) electrons. The summed E-state index contributed by atoms with van der Waals surface area (Å²) in [4.78, 5) is 12.4. The average Bonchev–Trinajstić information content (AvgIpc) is 3.25. The van der Waals surface area contributed by atoms with Gasteiger partial charge in [0.15, 0.2) is 5.82 Å². The Morgan fingerprint density at radius 2 is 2.00 bits per heavy atom. The predicted octanol–water partition coefficient (Wildman–Crippen LogP) is 4.08. The van der Waals surface area contributed by atoms with Crippen LogP contribution in [0.2, 0.25) is 0 Å². The Balaban J connectivity index is 1.76. The summed E-state index contributed by atoms with van der Waals surface area (Å²) in [5.41, 5.74) is -0.203. The number of thiophene rings is 1. The first-order valence-corrected chi connectivity index (χ1v) is 7.84. The summed E-state index contributed by atoms with van der Waals surface area (Å²) < 4.78 is 46.1. The third-order valence-corrected chi connectivity index (χ3v) is 4.17. The Hall–Kier alpha value is -3.01. The SMILES string of the molecule is FC(F)(F)c1cccc(Oc2nc(-n3cncn3)c3sccc3n2)c1. The van der Waals surface area contributed by atoms with Crippen LogP contribution in [-0.2, 0) is 6.18 Å². The van der Waals surface area contributed by atoms with Crippen LogP contribution in [-0.4, -0.2) is 24.7 Å². The summed E-state index contributed by atoms with van der Waals surface area (Å²) in [7, 11) is 0. The molecule has 0 atom stereocenters. The van der Waals surface area contributed by atoms with E-state index in [9.17, 15) is 13.2 Å². The molecule has 3 heterocycles. The standard InChI is InChI=1S/C15H8F3N5OS/c16-15(17,18)9-2-1-3-10(6-9)24-14-21-11-4-5-25-12(11)13(22-14)23-8-19-7-20-23/h1-8H. The average molecular weight is 363 g/mol. The molecule has 25 heavy (non-hydrogen) atoms. The van der Waals surface area contributed by atoms with Crippen molar-refractivity contribution >= 4 is 21.6 Å². The number of fused-ring (bicyclic) bond motifs is 1. The number of halogens is 3. The molecule has 1 aromatic carbocycles. The van der Waals surface area contributed by atoms with Crippen molar-refractivity contribution in [3.05, 3.63) is 53.9 Å². The highest BCUT2D eigenvalue weighted by Gasteiger charge is 2.30. The lowest BCUT2D eigenvalue weighted by Crippen LogP contribution is -2.05. The van der Waals surface area contributed by atoms with Crippen LogP contribution < -0.4 is 4.74 Å². The van der Waals surface area contributed by atoms with Gasteiger partial charge in [-0.1, -0.05) is 6.07 Å². The summed E-state index contributed by atoms with van der Waals surface area (Å²) in [6, 6.07) is 6.23. The van der Waals surface area contributed by atoms with Gasteiger partial charge in [-0.05, 0) is 29.6 Å². The molecule has 0 N–H and O–H groups in total. The highest BCUT2D eigenvalue weighted by atomic mass is 32.1. The zero-order chi connectivity index (χ0) is 17.4. The van der Waals surface area contributed by atoms with Gasteiger partial charge in [-0.2, -0.15) is 28.2 Å². The van der Waals surface area contributed by atoms with E-state index in [1.165, 1.54) is 40.8 Å². The summed E-state index contributed by atoms with van der Waals surface area (Å²) >= 11 is 1.42. The lowest BCUT2D eigenvalue weighted by Gasteiger charge is -2.10. The van der Waals surface area contributed by atoms with Crippen LogP contribution in [0.15, 0.2) is 48.4 Å². The van der Waals surface area contributed by atoms with Crippen molar-refractivity contribution in [2.75, 3.05) is 0 Å². The van der Waals surface area contributed by atoms with E-state index >= 15 is 0 Å². The molecule has 0 bridgehead atoms. The Bertz CT molecular complexity index is 1030. The van der Waals surface area contributed by atoms with Crippen LogP contribution in [0, 0.1) is 0 Å². The third kappa shape index (κ3) is 3.03. The topological polar surface area (TPSA) is 65.7 Å². The van der Waals surface area contributed by atoms with E-state index in [4.69, 9.17) is 4.74 Å². The van der Waals surface area contributed by atoms with Crippen LogP contribution in [0.3, 0.4) is 0 Å². The fourth-order valence-electron chi connectivity index (χ4n) is 2.19. The number of hydrogen-bond acceptors (Lipinski definition) is 6. The van der Waals surface area contributed by atoms with Crippen LogP contribution >= 0.6 is 11.3 Å². The first kappa shape index (κ1) is 15.5. The van der Waals surface area contributed by atoms with E-state index in [2.05, 4.69) is 20.1 Å². The number of hydrogen-bond donors (Lipinski definition) is 0. The summed E-state index contributed by atoms with van der Waals surface area (Å²) in [6.07, 6.45) is -1.63. The number of alkyl halides is 3. The summed E-state index contributed by atoms with van der Waals surface area (Å²) in [6.45, 7) is 0. The maximum absolute atomic E-state index is 12.8. The maximum Gasteiger partial charge on any atom is 0.416 e. The fourth-order valence-corrected chi connectivity index (χ4v) is 3.00. The second-order valence-corrected chi connectivity index (χ2v) is 5.85. The highest BCUT2D eigenvalue weighted by molar-refractivity contribution is 7.17. The Labute approximate surface area is 142 Å². The molecule has 0 aliphatic heterocycles. The highest BCUT2D eigenvalue weighted by Crippen LogP contribution is 2.33. The van der Waals surface area contributed by atoms with Crippen molar-refractivity contribution in [1.29, 1.82) is 0 Å². The quantitative estimate of drug-likeness (QED) is 0.549. The number of nitrogens with zero attached hydrogens (tertiary/aromatic N) is 5. The fraction of sp³-hybridized carbons (Fsp3) is 0.0667. The molecule has 4 aromatic rings. The minimum atomic E-state index is -4.45. The number of benzene rings is 1. The first-order chi connectivity index (χ1) is 12.0. The molecule has 0 unspecified atom stereocenters. The molecule has 126 valence electrons. The molecule has 0 aliphatic rings. The zero-order valence-electron chi connectivity index (χ0n) is 12.3. The van der Waals surface area contributed by atoms with Gasteiger partial charge in [-0.25, -0.2) is 9.67 Å². The lowest BCUT2D eigenvalue weighted by atomic mass is 10.2. The van der Waals surface area contributed by atoms with Crippen LogP contribution in [0.4, 0.5) is 13.2 Å². The van der Waals surface area contributed by atoms with E-state index in [0.717, 1.165) is 16.8 Å². The molecule has 3 aromatic heterocycles. The molecule has 4 rings (SSSR count). The Morgan fingerprint density at radius 3 is 2.76 bits per heavy atom. The van der Waals surface area contributed by atoms with E-state index in [-0.39, 0.29) is 11.8 Å². The van der Waals surface area contributed by atoms with Crippen LogP contribution in [0.1, 0.15) is 5.56 Å². The minimum Gasteiger partial charge on any atom is -0.424 e. The van der Waals surface area contributed by atoms with Gasteiger partial charge in [0, 0.05) is 0 Å². The molecule has 0 aliphatic carbocycles. The van der Waals surface area contributed by atoms with E-state index < -0.39 is 11.7 Å². The van der Waals surface area contributed by atoms with Crippen molar-refractivity contribution in [1.82, 2.24) is 24.7 Å². The van der Waals surface area contributed by atoms with Crippen molar-refractivity contribution in [2.45, 2.75) is 6.18 Å². The minimum absolute atomic E-state index is 0.00561. The molecule has 0 saturated heterocycles. The van der Waals surface area contributed by atoms with Gasteiger partial charge in [0.1, 0.15) is 18.4 Å². The second-order valence-electron chi connectivity index (χ2n) is 4.93. The molecule has 6 nitrogen and oxygen atoms in total. The second kappa shape index (κ2) is 5.81. The van der Waals surface area contributed by atoms with Crippen LogP contribution in [0.25, 0.3) is 16.0 Å². The van der Waals surface area contributed by atoms with Gasteiger partial charge in [0.05, 0.1) is 15.8 Å². The van der Waals surface area contributed by atoms with Crippen molar-refractivity contribution < 1.29 is 17.9 Å². The van der Waals surface area contributed by atoms with Gasteiger partial charge in [0.25, 0.3) is 0 Å². The number of rotatable bonds is 3. The van der Waals surface area contributed by atoms with Gasteiger partial charge in [0.2, 0.25) is 0 Å². The molecular formula is C15H8F3N5OS. The molecule has 10 heteroatoms. The zero-order valence-corrected chi connectivity index (χ0v) is 13.1. The predicted molar refractivity (Wildman–Crippen MR) is 83.9 cm³/mol. The Morgan fingerprint density at radius 1 is 1.12 bits per heavy atom. The summed E-state index contributed by atoms with van der Waals surface area (Å²) in [5.74, 6) is 0.438. The maximum atomic E-state index is 12.8. The molecular weight excluding hydrogens is 355 g/mol. The van der Waals surface area contributed by atoms with E-state index in [0.29, 0.717) is 11.3 Å². The number of aromatic nitrogens is 5. The summed E-state index contributed by atoms with van der Waals surface area (Å²) in [5, 5.41) is 5.86. The monoisotopic (exact) mass is 363 g/mol. The largest absolute Gasteiger partial charge is 0.424 e. The van der Waals surface area contributed by atoms with Gasteiger partial charge < -0.3 is 4.74 Å². The van der Waals surface area contributed by atoms with E-state index in [1.807, 2.05) is 5.38 Å². The van der Waals surface area contributed by atoms with Crippen molar-refractivity contribution in [2.24, 2.45) is 0 Å². The van der Waals surface area contributed by atoms with Gasteiger partial charge in [-0.3, -0.25) is 0 Å². The first-order valence-electron chi connectivity index (χ1n) is 6.96. The molecule has 0 amide bonds. The molecule has 0 fully saturated rings. The van der Waals surface area contributed by atoms with Gasteiger partial charge >= 0.3 is 12.2 Å². The smallest absolute Gasteiger partial charge is 0.416 e. The lowest BCUT2D eigenvalue weighted by molar-refractivity contribution is -0.137. The van der Waals surface area contributed by atoms with Gasteiger partial charge in [-0.15, -0.1) is 11.3 Å². The Kier molecular flexibility index (Phi) is 3.61. The third-order valence-electron chi connectivity index (χ3n) is 3.27. The molecule has 0 saturated carbocycles. The number of ether oxygens (including phenoxy) is 1.